The summed E-state index contributed by atoms with van der Waals surface area (Å²) in [5.74, 6) is 1.34. The number of methoxy groups -OCH3 is 1. The van der Waals surface area contributed by atoms with Crippen LogP contribution in [0.4, 0.5) is 4.79 Å². The number of aromatic amines is 1. The van der Waals surface area contributed by atoms with E-state index in [1.165, 1.54) is 4.90 Å². The number of rotatable bonds is 4. The summed E-state index contributed by atoms with van der Waals surface area (Å²) in [7, 11) is 1.59. The number of nitrogens with zero attached hydrogens (tertiary/aromatic N) is 2. The number of amides is 1. The normalized spacial score (nSPS) is 16.4. The van der Waals surface area contributed by atoms with Crippen molar-refractivity contribution >= 4 is 23.2 Å². The predicted molar refractivity (Wildman–Crippen MR) is 106 cm³/mol. The van der Waals surface area contributed by atoms with Gasteiger partial charge in [-0.2, -0.15) is 0 Å². The largest absolute Gasteiger partial charge is 0.504 e. The highest BCUT2D eigenvalue weighted by Crippen LogP contribution is 2.35. The van der Waals surface area contributed by atoms with Gasteiger partial charge in [-0.3, -0.25) is 0 Å². The van der Waals surface area contributed by atoms with Crippen molar-refractivity contribution < 1.29 is 19.4 Å². The highest BCUT2D eigenvalue weighted by molar-refractivity contribution is 5.85. The Hall–Kier alpha value is -3.48. The van der Waals surface area contributed by atoms with E-state index in [2.05, 4.69) is 9.97 Å². The second kappa shape index (κ2) is 7.26. The fraction of sp³-hybridized carbons (Fsp3) is 0.238. The van der Waals surface area contributed by atoms with Crippen molar-refractivity contribution in [2.24, 2.45) is 0 Å². The summed E-state index contributed by atoms with van der Waals surface area (Å²) < 4.78 is 11.1. The molecule has 4 rings (SSSR count). The minimum atomic E-state index is -0.899. The van der Waals surface area contributed by atoms with E-state index in [4.69, 9.17) is 9.47 Å². The lowest BCUT2D eigenvalue weighted by molar-refractivity contribution is 0.124. The van der Waals surface area contributed by atoms with Gasteiger partial charge in [0.25, 0.3) is 0 Å². The zero-order valence-electron chi connectivity index (χ0n) is 15.7. The van der Waals surface area contributed by atoms with Crippen molar-refractivity contribution in [3.63, 3.8) is 0 Å². The van der Waals surface area contributed by atoms with E-state index in [-0.39, 0.29) is 6.04 Å². The first-order valence-corrected chi connectivity index (χ1v) is 9.04. The van der Waals surface area contributed by atoms with Crippen LogP contribution in [-0.2, 0) is 11.2 Å². The number of fused-ring (bicyclic) bond motifs is 2. The van der Waals surface area contributed by atoms with Gasteiger partial charge in [0.2, 0.25) is 0 Å². The Morgan fingerprint density at radius 1 is 1.36 bits per heavy atom. The zero-order valence-corrected chi connectivity index (χ0v) is 15.7. The summed E-state index contributed by atoms with van der Waals surface area (Å²) in [6.07, 6.45) is 4.89. The summed E-state index contributed by atoms with van der Waals surface area (Å²) in [4.78, 5) is 20.4. The van der Waals surface area contributed by atoms with Crippen LogP contribution < -0.4 is 4.74 Å². The van der Waals surface area contributed by atoms with E-state index >= 15 is 0 Å². The fourth-order valence-corrected chi connectivity index (χ4v) is 3.59. The van der Waals surface area contributed by atoms with Crippen LogP contribution in [0.3, 0.4) is 0 Å². The lowest BCUT2D eigenvalue weighted by Crippen LogP contribution is -2.37. The summed E-state index contributed by atoms with van der Waals surface area (Å²) in [6, 6.07) is 9.42. The fourth-order valence-electron chi connectivity index (χ4n) is 3.59. The molecule has 0 saturated heterocycles. The van der Waals surface area contributed by atoms with Crippen molar-refractivity contribution in [2.45, 2.75) is 19.4 Å². The number of nitrogens with one attached hydrogen (secondary N) is 1. The zero-order chi connectivity index (χ0) is 19.7. The molecule has 144 valence electrons. The van der Waals surface area contributed by atoms with Gasteiger partial charge in [0.15, 0.2) is 0 Å². The van der Waals surface area contributed by atoms with E-state index in [1.54, 1.807) is 19.6 Å². The summed E-state index contributed by atoms with van der Waals surface area (Å²) in [6.45, 7) is 2.41. The third-order valence-corrected chi connectivity index (χ3v) is 5.03. The second-order valence-corrected chi connectivity index (χ2v) is 6.70. The first-order chi connectivity index (χ1) is 13.6. The van der Waals surface area contributed by atoms with Crippen LogP contribution >= 0.6 is 0 Å². The molecule has 7 nitrogen and oxygen atoms in total. The summed E-state index contributed by atoms with van der Waals surface area (Å²) in [5, 5.41) is 10.2. The van der Waals surface area contributed by atoms with E-state index in [0.29, 0.717) is 24.5 Å². The molecule has 0 bridgehead atoms. The third kappa shape index (κ3) is 3.26. The number of hydrogen-bond acceptors (Lipinski definition) is 4. The second-order valence-electron chi connectivity index (χ2n) is 6.70. The Balaban J connectivity index is 1.66. The van der Waals surface area contributed by atoms with Crippen molar-refractivity contribution in [1.29, 1.82) is 0 Å². The molecule has 2 aromatic heterocycles. The quantitative estimate of drug-likeness (QED) is 0.649. The molecule has 3 aromatic rings. The van der Waals surface area contributed by atoms with Crippen LogP contribution in [0.5, 0.6) is 11.5 Å². The van der Waals surface area contributed by atoms with E-state index in [1.807, 2.05) is 43.3 Å². The maximum absolute atomic E-state index is 11.4. The smallest absolute Gasteiger partial charge is 0.407 e. The number of pyridine rings is 1. The number of carboxylic acid groups (broad SMARTS) is 1. The molecule has 1 aliphatic heterocycles. The van der Waals surface area contributed by atoms with Gasteiger partial charge < -0.3 is 24.5 Å². The molecule has 1 amide bonds. The number of H-pyrrole nitrogens is 1. The van der Waals surface area contributed by atoms with Gasteiger partial charge in [-0.05, 0) is 54.8 Å². The van der Waals surface area contributed by atoms with Gasteiger partial charge in [-0.15, -0.1) is 0 Å². The Morgan fingerprint density at radius 2 is 2.21 bits per heavy atom. The topological polar surface area (TPSA) is 87.7 Å². The number of aromatic nitrogens is 2. The van der Waals surface area contributed by atoms with E-state index in [0.717, 1.165) is 27.9 Å². The molecule has 0 aliphatic carbocycles. The van der Waals surface area contributed by atoms with Crippen LogP contribution in [0, 0.1) is 0 Å². The van der Waals surface area contributed by atoms with E-state index in [9.17, 15) is 9.90 Å². The molecule has 0 saturated carbocycles. The molecule has 1 aromatic carbocycles. The molecule has 28 heavy (non-hydrogen) atoms. The maximum atomic E-state index is 11.4. The van der Waals surface area contributed by atoms with Crippen LogP contribution in [0.15, 0.2) is 42.8 Å². The Kier molecular flexibility index (Phi) is 4.65. The van der Waals surface area contributed by atoms with Crippen molar-refractivity contribution in [1.82, 2.24) is 14.9 Å². The number of ether oxygens (including phenoxy) is 2. The summed E-state index contributed by atoms with van der Waals surface area (Å²) >= 11 is 0. The third-order valence-electron chi connectivity index (χ3n) is 5.03. The van der Waals surface area contributed by atoms with Gasteiger partial charge >= 0.3 is 6.09 Å². The van der Waals surface area contributed by atoms with Gasteiger partial charge in [0.1, 0.15) is 17.1 Å². The van der Waals surface area contributed by atoms with Crippen molar-refractivity contribution in [3.8, 4) is 11.5 Å². The predicted octanol–water partition coefficient (Wildman–Crippen LogP) is 4.57. The Morgan fingerprint density at radius 3 is 3.00 bits per heavy atom. The van der Waals surface area contributed by atoms with Crippen LogP contribution in [0.25, 0.3) is 17.1 Å². The van der Waals surface area contributed by atoms with Crippen molar-refractivity contribution in [2.75, 3.05) is 13.7 Å². The lowest BCUT2D eigenvalue weighted by Gasteiger charge is -2.33. The number of benzene rings is 1. The van der Waals surface area contributed by atoms with Crippen LogP contribution in [0.1, 0.15) is 29.8 Å². The molecule has 2 N–H and O–H groups in total. The van der Waals surface area contributed by atoms with E-state index < -0.39 is 6.09 Å². The molecule has 0 fully saturated rings. The van der Waals surface area contributed by atoms with Gasteiger partial charge in [-0.25, -0.2) is 9.78 Å². The molecule has 3 heterocycles. The molecular formula is C21H21N3O4. The first kappa shape index (κ1) is 17.9. The Labute approximate surface area is 162 Å². The number of hydrogen-bond donors (Lipinski definition) is 2. The molecule has 0 unspecified atom stereocenters. The average molecular weight is 379 g/mol. The van der Waals surface area contributed by atoms with Crippen LogP contribution in [-0.4, -0.2) is 39.7 Å². The van der Waals surface area contributed by atoms with Crippen LogP contribution in [0.2, 0.25) is 0 Å². The minimum absolute atomic E-state index is 0.208. The molecule has 0 radical (unpaired) electrons. The molecule has 1 aliphatic rings. The van der Waals surface area contributed by atoms with Gasteiger partial charge in [0.05, 0.1) is 24.8 Å². The molecule has 7 heteroatoms. The summed E-state index contributed by atoms with van der Waals surface area (Å²) in [5.41, 5.74) is 3.72. The first-order valence-electron chi connectivity index (χ1n) is 9.04. The lowest BCUT2D eigenvalue weighted by atomic mass is 9.93. The van der Waals surface area contributed by atoms with Gasteiger partial charge in [0, 0.05) is 18.4 Å². The molecule has 1 atom stereocenters. The SMILES string of the molecule is COC=Cc1cc2c(Oc3ccc4c(c3)[C@H](C)N(C(=O)O)CC4)ccnc2[nH]1. The highest BCUT2D eigenvalue weighted by atomic mass is 16.5. The standard InChI is InChI=1S/C21H21N3O4/c1-13-17-12-16(4-3-14(17)6-9-24(13)21(25)26)28-19-5-8-22-20-18(19)11-15(23-20)7-10-27-2/h3-5,7-8,10-13H,6,9H2,1-2H3,(H,22,23)(H,25,26)/t13-/m0/s1. The van der Waals surface area contributed by atoms with Gasteiger partial charge in [-0.1, -0.05) is 6.07 Å². The minimum Gasteiger partial charge on any atom is -0.504 e. The molecular weight excluding hydrogens is 358 g/mol. The Bertz CT molecular complexity index is 1060. The average Bonchev–Trinajstić information content (AvgIpc) is 3.11. The molecule has 0 spiro atoms. The van der Waals surface area contributed by atoms with Crippen molar-refractivity contribution in [3.05, 3.63) is 59.6 Å². The monoisotopic (exact) mass is 379 g/mol. The highest BCUT2D eigenvalue weighted by Gasteiger charge is 2.27. The number of carbonyl (C=O) groups is 1. The maximum Gasteiger partial charge on any atom is 0.407 e.